The standard InChI is InChI=1S/C34H44FN5O2S/c1-24-5-2-3-6-27(24)22-39(23-31-7-4-18-43-31)30-16-17-40(34(42)38-29-14-12-28(35)13-15-29)32(19-30)33(41)37-21-26-10-8-25(20-36)9-11-26/h2-7,12-15,18,25-26,30,32H,8-11,16-17,19-23,36H2,1H3,(H,37,41)(H,38,42)/t25?,26?,30?,32-/m1/s1. The Labute approximate surface area is 258 Å². The number of piperidine rings is 1. The van der Waals surface area contributed by atoms with Gasteiger partial charge in [-0.3, -0.25) is 9.69 Å². The Bertz CT molecular complexity index is 1330. The molecule has 2 fully saturated rings. The topological polar surface area (TPSA) is 90.7 Å². The Morgan fingerprint density at radius 2 is 1.72 bits per heavy atom. The van der Waals surface area contributed by atoms with Crippen molar-refractivity contribution in [3.05, 3.63) is 87.9 Å². The zero-order valence-corrected chi connectivity index (χ0v) is 25.8. The molecule has 230 valence electrons. The molecule has 2 atom stereocenters. The monoisotopic (exact) mass is 605 g/mol. The van der Waals surface area contributed by atoms with E-state index >= 15 is 0 Å². The number of anilines is 1. The van der Waals surface area contributed by atoms with Crippen LogP contribution < -0.4 is 16.4 Å². The minimum absolute atomic E-state index is 0.105. The van der Waals surface area contributed by atoms with Crippen LogP contribution in [0.5, 0.6) is 0 Å². The molecule has 0 bridgehead atoms. The summed E-state index contributed by atoms with van der Waals surface area (Å²) in [6, 6.07) is 17.6. The summed E-state index contributed by atoms with van der Waals surface area (Å²) < 4.78 is 13.5. The van der Waals surface area contributed by atoms with Crippen LogP contribution in [0, 0.1) is 24.6 Å². The van der Waals surface area contributed by atoms with Crippen molar-refractivity contribution in [2.24, 2.45) is 17.6 Å². The van der Waals surface area contributed by atoms with E-state index < -0.39 is 6.04 Å². The van der Waals surface area contributed by atoms with E-state index in [0.29, 0.717) is 37.0 Å². The minimum atomic E-state index is -0.609. The summed E-state index contributed by atoms with van der Waals surface area (Å²) in [7, 11) is 0. The maximum atomic E-state index is 13.9. The number of urea groups is 1. The molecule has 2 aliphatic rings. The van der Waals surface area contributed by atoms with E-state index in [0.717, 1.165) is 51.7 Å². The number of thiophene rings is 1. The van der Waals surface area contributed by atoms with Crippen LogP contribution >= 0.6 is 11.3 Å². The Hall–Kier alpha value is -3.27. The molecule has 4 N–H and O–H groups in total. The highest BCUT2D eigenvalue weighted by Crippen LogP contribution is 2.30. The molecule has 3 aromatic rings. The van der Waals surface area contributed by atoms with Crippen LogP contribution in [0.1, 0.15) is 54.5 Å². The van der Waals surface area contributed by atoms with Crippen molar-refractivity contribution in [2.45, 2.75) is 70.6 Å². The second kappa shape index (κ2) is 14.9. The first-order chi connectivity index (χ1) is 20.9. The van der Waals surface area contributed by atoms with Gasteiger partial charge >= 0.3 is 6.03 Å². The normalized spacial score (nSPS) is 22.4. The van der Waals surface area contributed by atoms with Gasteiger partial charge in [-0.2, -0.15) is 0 Å². The summed E-state index contributed by atoms with van der Waals surface area (Å²) in [6.07, 6.45) is 5.63. The zero-order valence-electron chi connectivity index (χ0n) is 25.0. The van der Waals surface area contributed by atoms with E-state index in [4.69, 9.17) is 5.73 Å². The third kappa shape index (κ3) is 8.43. The number of benzene rings is 2. The lowest BCUT2D eigenvalue weighted by Crippen LogP contribution is -2.58. The van der Waals surface area contributed by atoms with Crippen molar-refractivity contribution >= 4 is 29.0 Å². The number of hydrogen-bond donors (Lipinski definition) is 3. The van der Waals surface area contributed by atoms with Crippen LogP contribution in [-0.4, -0.2) is 53.5 Å². The zero-order chi connectivity index (χ0) is 30.2. The van der Waals surface area contributed by atoms with Gasteiger partial charge in [0.2, 0.25) is 5.91 Å². The predicted molar refractivity (Wildman–Crippen MR) is 171 cm³/mol. The smallest absolute Gasteiger partial charge is 0.322 e. The fourth-order valence-electron chi connectivity index (χ4n) is 6.46. The van der Waals surface area contributed by atoms with Crippen molar-refractivity contribution in [2.75, 3.05) is 25.0 Å². The van der Waals surface area contributed by atoms with E-state index in [1.807, 2.05) is 0 Å². The number of rotatable bonds is 10. The highest BCUT2D eigenvalue weighted by molar-refractivity contribution is 7.09. The van der Waals surface area contributed by atoms with Gasteiger partial charge in [0.25, 0.3) is 0 Å². The van der Waals surface area contributed by atoms with E-state index in [-0.39, 0.29) is 23.8 Å². The molecule has 9 heteroatoms. The lowest BCUT2D eigenvalue weighted by molar-refractivity contribution is -0.127. The average Bonchev–Trinajstić information content (AvgIpc) is 3.55. The summed E-state index contributed by atoms with van der Waals surface area (Å²) in [6.45, 7) is 5.50. The van der Waals surface area contributed by atoms with Gasteiger partial charge in [-0.05, 0) is 111 Å². The summed E-state index contributed by atoms with van der Waals surface area (Å²) in [5, 5.41) is 8.20. The first-order valence-corrected chi connectivity index (χ1v) is 16.4. The van der Waals surface area contributed by atoms with Gasteiger partial charge < -0.3 is 21.3 Å². The number of halogens is 1. The first kappa shape index (κ1) is 31.2. The van der Waals surface area contributed by atoms with Gasteiger partial charge in [0, 0.05) is 42.8 Å². The second-order valence-corrected chi connectivity index (χ2v) is 13.1. The summed E-state index contributed by atoms with van der Waals surface area (Å²) in [5.41, 5.74) is 8.89. The van der Waals surface area contributed by atoms with E-state index in [9.17, 15) is 14.0 Å². The third-order valence-electron chi connectivity index (χ3n) is 9.19. The fraction of sp³-hybridized carbons (Fsp3) is 0.471. The van der Waals surface area contributed by atoms with Crippen LogP contribution in [0.15, 0.2) is 66.0 Å². The van der Waals surface area contributed by atoms with Crippen LogP contribution in [0.4, 0.5) is 14.9 Å². The molecule has 2 aromatic carbocycles. The van der Waals surface area contributed by atoms with Crippen LogP contribution in [0.3, 0.4) is 0 Å². The molecule has 0 radical (unpaired) electrons. The number of nitrogens with one attached hydrogen (secondary N) is 2. The van der Waals surface area contributed by atoms with E-state index in [1.165, 1.54) is 40.3 Å². The molecule has 1 saturated heterocycles. The number of nitrogens with zero attached hydrogens (tertiary/aromatic N) is 2. The Morgan fingerprint density at radius 3 is 2.42 bits per heavy atom. The summed E-state index contributed by atoms with van der Waals surface area (Å²) in [4.78, 5) is 32.8. The molecular weight excluding hydrogens is 561 g/mol. The van der Waals surface area contributed by atoms with Crippen LogP contribution in [0.25, 0.3) is 0 Å². The molecular formula is C34H44FN5O2S. The van der Waals surface area contributed by atoms with Gasteiger partial charge in [-0.1, -0.05) is 30.3 Å². The molecule has 0 spiro atoms. The maximum Gasteiger partial charge on any atom is 0.322 e. The van der Waals surface area contributed by atoms with E-state index in [2.05, 4.69) is 64.2 Å². The molecule has 2 heterocycles. The second-order valence-electron chi connectivity index (χ2n) is 12.1. The van der Waals surface area contributed by atoms with Gasteiger partial charge in [-0.15, -0.1) is 11.3 Å². The van der Waals surface area contributed by atoms with Crippen LogP contribution in [-0.2, 0) is 17.9 Å². The molecule has 1 saturated carbocycles. The number of nitrogens with two attached hydrogens (primary N) is 1. The number of hydrogen-bond acceptors (Lipinski definition) is 5. The quantitative estimate of drug-likeness (QED) is 0.259. The molecule has 1 aliphatic carbocycles. The SMILES string of the molecule is Cc1ccccc1CN(Cc1cccs1)C1CCN(C(=O)Nc2ccc(F)cc2)[C@@H](C(=O)NCC2CCC(CN)CC2)C1. The highest BCUT2D eigenvalue weighted by Gasteiger charge is 2.39. The molecule has 43 heavy (non-hydrogen) atoms. The number of likely N-dealkylation sites (tertiary alicyclic amines) is 1. The lowest BCUT2D eigenvalue weighted by atomic mass is 9.82. The predicted octanol–water partition coefficient (Wildman–Crippen LogP) is 6.14. The Morgan fingerprint density at radius 1 is 0.977 bits per heavy atom. The number of aryl methyl sites for hydroxylation is 1. The van der Waals surface area contributed by atoms with Crippen molar-refractivity contribution in [3.8, 4) is 0 Å². The summed E-state index contributed by atoms with van der Waals surface area (Å²) in [5.74, 6) is 0.547. The lowest BCUT2D eigenvalue weighted by Gasteiger charge is -2.43. The fourth-order valence-corrected chi connectivity index (χ4v) is 7.19. The molecule has 3 amide bonds. The van der Waals surface area contributed by atoms with Crippen molar-refractivity contribution in [1.82, 2.24) is 15.1 Å². The van der Waals surface area contributed by atoms with Gasteiger partial charge in [0.15, 0.2) is 0 Å². The Kier molecular flexibility index (Phi) is 10.8. The number of carbonyl (C=O) groups is 2. The van der Waals surface area contributed by atoms with Gasteiger partial charge in [0.05, 0.1) is 0 Å². The minimum Gasteiger partial charge on any atom is -0.354 e. The number of carbonyl (C=O) groups excluding carboxylic acids is 2. The van der Waals surface area contributed by atoms with Crippen molar-refractivity contribution < 1.29 is 14.0 Å². The molecule has 1 aromatic heterocycles. The van der Waals surface area contributed by atoms with Crippen molar-refractivity contribution in [3.63, 3.8) is 0 Å². The van der Waals surface area contributed by atoms with Crippen LogP contribution in [0.2, 0.25) is 0 Å². The molecule has 5 rings (SSSR count). The molecule has 7 nitrogen and oxygen atoms in total. The average molecular weight is 606 g/mol. The van der Waals surface area contributed by atoms with Crippen molar-refractivity contribution in [1.29, 1.82) is 0 Å². The van der Waals surface area contributed by atoms with E-state index in [1.54, 1.807) is 16.2 Å². The van der Waals surface area contributed by atoms with Gasteiger partial charge in [0.1, 0.15) is 11.9 Å². The Balaban J connectivity index is 1.33. The largest absolute Gasteiger partial charge is 0.354 e. The summed E-state index contributed by atoms with van der Waals surface area (Å²) >= 11 is 1.74. The molecule has 1 unspecified atom stereocenters. The first-order valence-electron chi connectivity index (χ1n) is 15.5. The third-order valence-corrected chi connectivity index (χ3v) is 10.0. The molecule has 1 aliphatic heterocycles. The maximum absolute atomic E-state index is 13.9. The van der Waals surface area contributed by atoms with Gasteiger partial charge in [-0.25, -0.2) is 9.18 Å². The number of amides is 3. The highest BCUT2D eigenvalue weighted by atomic mass is 32.1.